The summed E-state index contributed by atoms with van der Waals surface area (Å²) in [5.41, 5.74) is 5.92. The Hall–Kier alpha value is -2.85. The van der Waals surface area contributed by atoms with E-state index in [1.165, 1.54) is 7.11 Å². The number of carboxylic acid groups (broad SMARTS) is 1. The quantitative estimate of drug-likeness (QED) is 0.378. The zero-order valence-corrected chi connectivity index (χ0v) is 13.4. The topological polar surface area (TPSA) is 129 Å². The second kappa shape index (κ2) is 7.15. The van der Waals surface area contributed by atoms with Crippen molar-refractivity contribution in [3.05, 3.63) is 30.5 Å². The van der Waals surface area contributed by atoms with Gasteiger partial charge in [0.15, 0.2) is 11.0 Å². The molecule has 0 fully saturated rings. The maximum Gasteiger partial charge on any atom is 0.313 e. The molecule has 0 amide bonds. The van der Waals surface area contributed by atoms with E-state index in [9.17, 15) is 4.79 Å². The smallest absolute Gasteiger partial charge is 0.313 e. The minimum Gasteiger partial charge on any atom is -0.481 e. The van der Waals surface area contributed by atoms with Gasteiger partial charge in [0.2, 0.25) is 0 Å². The summed E-state index contributed by atoms with van der Waals surface area (Å²) in [6.45, 7) is 0. The Kier molecular flexibility index (Phi) is 4.77. The summed E-state index contributed by atoms with van der Waals surface area (Å²) >= 11 is 1.07. The van der Waals surface area contributed by atoms with Gasteiger partial charge in [0.25, 0.3) is 0 Å². The van der Waals surface area contributed by atoms with Crippen LogP contribution in [0, 0.1) is 0 Å². The fourth-order valence-electron chi connectivity index (χ4n) is 2.08. The van der Waals surface area contributed by atoms with Crippen molar-refractivity contribution in [1.82, 2.24) is 25.4 Å². The van der Waals surface area contributed by atoms with Crippen molar-refractivity contribution in [1.29, 1.82) is 0 Å². The van der Waals surface area contributed by atoms with Crippen LogP contribution in [0.3, 0.4) is 0 Å². The highest BCUT2D eigenvalue weighted by atomic mass is 32.2. The third kappa shape index (κ3) is 3.73. The molecule has 0 saturated carbocycles. The summed E-state index contributed by atoms with van der Waals surface area (Å²) < 4.78 is 0. The number of anilines is 1. The van der Waals surface area contributed by atoms with Crippen molar-refractivity contribution in [2.45, 2.75) is 5.16 Å². The molecule has 0 aliphatic rings. The fourth-order valence-corrected chi connectivity index (χ4v) is 2.61. The van der Waals surface area contributed by atoms with Gasteiger partial charge in [0.05, 0.1) is 24.2 Å². The number of rotatable bonds is 7. The minimum atomic E-state index is -0.912. The van der Waals surface area contributed by atoms with E-state index in [0.29, 0.717) is 11.0 Å². The summed E-state index contributed by atoms with van der Waals surface area (Å²) in [4.78, 5) is 18.6. The van der Waals surface area contributed by atoms with Crippen LogP contribution in [0.15, 0.2) is 35.6 Å². The summed E-state index contributed by atoms with van der Waals surface area (Å²) in [6.07, 6.45) is 1.74. The van der Waals surface area contributed by atoms with E-state index in [4.69, 9.17) is 9.94 Å². The first-order valence-electron chi connectivity index (χ1n) is 6.87. The highest BCUT2D eigenvalue weighted by Crippen LogP contribution is 2.28. The van der Waals surface area contributed by atoms with Gasteiger partial charge in [-0.15, -0.1) is 10.2 Å². The van der Waals surface area contributed by atoms with Crippen LogP contribution in [0.2, 0.25) is 0 Å². The van der Waals surface area contributed by atoms with Crippen LogP contribution in [0.25, 0.3) is 22.6 Å². The molecule has 10 heteroatoms. The van der Waals surface area contributed by atoms with Crippen LogP contribution in [0.1, 0.15) is 0 Å². The summed E-state index contributed by atoms with van der Waals surface area (Å²) in [5, 5.41) is 24.1. The van der Waals surface area contributed by atoms with Gasteiger partial charge in [0.1, 0.15) is 0 Å². The average Bonchev–Trinajstić information content (AvgIpc) is 3.25. The van der Waals surface area contributed by atoms with Gasteiger partial charge in [-0.05, 0) is 24.3 Å². The number of aromatic amines is 2. The number of hydrogen-bond donors (Lipinski definition) is 4. The zero-order chi connectivity index (χ0) is 16.9. The third-order valence-electron chi connectivity index (χ3n) is 3.02. The molecule has 0 spiro atoms. The van der Waals surface area contributed by atoms with Gasteiger partial charge in [-0.25, -0.2) is 0 Å². The molecule has 3 rings (SSSR count). The lowest BCUT2D eigenvalue weighted by molar-refractivity contribution is -0.133. The number of nitrogens with one attached hydrogen (secondary N) is 3. The first-order valence-corrected chi connectivity index (χ1v) is 7.86. The van der Waals surface area contributed by atoms with Crippen molar-refractivity contribution in [3.63, 3.8) is 0 Å². The van der Waals surface area contributed by atoms with Gasteiger partial charge < -0.3 is 10.1 Å². The molecule has 124 valence electrons. The number of carboxylic acids is 1. The standard InChI is InChI=1S/C14H14N6O3S/c1-23-20-10-5-8(11-2-3-15-17-11)4-9(6-10)13-16-14(19-18-13)24-7-12(21)22/h2-6,20H,7H2,1H3,(H,15,17)(H,21,22)(H,16,18,19). The Morgan fingerprint density at radius 1 is 1.33 bits per heavy atom. The summed E-state index contributed by atoms with van der Waals surface area (Å²) in [5.74, 6) is -0.470. The largest absolute Gasteiger partial charge is 0.481 e. The molecule has 0 radical (unpaired) electrons. The molecule has 4 N–H and O–H groups in total. The third-order valence-corrected chi connectivity index (χ3v) is 3.87. The van der Waals surface area contributed by atoms with Gasteiger partial charge in [0, 0.05) is 17.3 Å². The second-order valence-electron chi connectivity index (χ2n) is 4.73. The number of H-pyrrole nitrogens is 2. The van der Waals surface area contributed by atoms with Crippen LogP contribution in [0.5, 0.6) is 0 Å². The number of carbonyl (C=O) groups is 1. The van der Waals surface area contributed by atoms with Gasteiger partial charge in [-0.1, -0.05) is 11.8 Å². The molecule has 3 aromatic rings. The first kappa shape index (κ1) is 16.0. The van der Waals surface area contributed by atoms with Gasteiger partial charge in [-0.3, -0.25) is 20.2 Å². The van der Waals surface area contributed by atoms with Crippen molar-refractivity contribution >= 4 is 23.4 Å². The molecule has 0 bridgehead atoms. The fraction of sp³-hybridized carbons (Fsp3) is 0.143. The second-order valence-corrected chi connectivity index (χ2v) is 5.69. The highest BCUT2D eigenvalue weighted by molar-refractivity contribution is 7.99. The number of aliphatic carboxylic acids is 1. The van der Waals surface area contributed by atoms with E-state index in [-0.39, 0.29) is 5.75 Å². The molecular formula is C14H14N6O3S. The number of nitrogens with zero attached hydrogens (tertiary/aromatic N) is 3. The molecule has 9 nitrogen and oxygen atoms in total. The molecule has 0 unspecified atom stereocenters. The zero-order valence-electron chi connectivity index (χ0n) is 12.6. The molecule has 24 heavy (non-hydrogen) atoms. The van der Waals surface area contributed by atoms with Crippen molar-refractivity contribution in [2.24, 2.45) is 0 Å². The predicted octanol–water partition coefficient (Wildman–Crippen LogP) is 2.01. The lowest BCUT2D eigenvalue weighted by Gasteiger charge is -2.08. The maximum absolute atomic E-state index is 10.6. The highest BCUT2D eigenvalue weighted by Gasteiger charge is 2.11. The monoisotopic (exact) mass is 346 g/mol. The number of aromatic nitrogens is 5. The van der Waals surface area contributed by atoms with Gasteiger partial charge in [-0.2, -0.15) is 5.10 Å². The Balaban J connectivity index is 1.93. The Morgan fingerprint density at radius 3 is 2.88 bits per heavy atom. The van der Waals surface area contributed by atoms with E-state index in [1.54, 1.807) is 6.20 Å². The Labute approximate surface area is 140 Å². The SMILES string of the molecule is CONc1cc(-c2cc[nH]n2)cc(-c2nnc(SCC(=O)O)[nH]2)c1. The molecule has 0 aliphatic heterocycles. The van der Waals surface area contributed by atoms with E-state index in [1.807, 2.05) is 24.3 Å². The van der Waals surface area contributed by atoms with Crippen LogP contribution in [-0.2, 0) is 9.63 Å². The normalized spacial score (nSPS) is 10.7. The van der Waals surface area contributed by atoms with E-state index in [2.05, 4.69) is 30.9 Å². The molecule has 2 aromatic heterocycles. The molecular weight excluding hydrogens is 332 g/mol. The molecule has 0 saturated heterocycles. The van der Waals surface area contributed by atoms with Crippen molar-refractivity contribution < 1.29 is 14.7 Å². The first-order chi connectivity index (χ1) is 11.7. The number of benzene rings is 1. The van der Waals surface area contributed by atoms with E-state index >= 15 is 0 Å². The minimum absolute atomic E-state index is 0.0849. The Bertz CT molecular complexity index is 833. The molecule has 2 heterocycles. The maximum atomic E-state index is 10.6. The Morgan fingerprint density at radius 2 is 2.17 bits per heavy atom. The average molecular weight is 346 g/mol. The predicted molar refractivity (Wildman–Crippen MR) is 88.4 cm³/mol. The molecule has 1 aromatic carbocycles. The lowest BCUT2D eigenvalue weighted by Crippen LogP contribution is -1.98. The van der Waals surface area contributed by atoms with Gasteiger partial charge >= 0.3 is 5.97 Å². The van der Waals surface area contributed by atoms with E-state index in [0.717, 1.165) is 34.3 Å². The van der Waals surface area contributed by atoms with Crippen LogP contribution >= 0.6 is 11.8 Å². The molecule has 0 aliphatic carbocycles. The number of hydrogen-bond acceptors (Lipinski definition) is 7. The number of thioether (sulfide) groups is 1. The van der Waals surface area contributed by atoms with Crippen molar-refractivity contribution in [3.8, 4) is 22.6 Å². The lowest BCUT2D eigenvalue weighted by atomic mass is 10.1. The molecule has 0 atom stereocenters. The summed E-state index contributed by atoms with van der Waals surface area (Å²) in [6, 6.07) is 7.48. The van der Waals surface area contributed by atoms with Crippen molar-refractivity contribution in [2.75, 3.05) is 18.3 Å². The van der Waals surface area contributed by atoms with Crippen LogP contribution < -0.4 is 5.48 Å². The van der Waals surface area contributed by atoms with Crippen LogP contribution in [-0.4, -0.2) is 49.3 Å². The summed E-state index contributed by atoms with van der Waals surface area (Å²) in [7, 11) is 1.52. The van der Waals surface area contributed by atoms with Crippen LogP contribution in [0.4, 0.5) is 5.69 Å². The van der Waals surface area contributed by atoms with E-state index < -0.39 is 5.97 Å².